The molecule has 0 aromatic rings. The highest BCUT2D eigenvalue weighted by Gasteiger charge is 2.48. The first kappa shape index (κ1) is 29.7. The van der Waals surface area contributed by atoms with E-state index in [4.69, 9.17) is 19.3 Å². The number of hydrogen-bond acceptors (Lipinski definition) is 8. The van der Waals surface area contributed by atoms with Crippen molar-refractivity contribution in [1.82, 2.24) is 0 Å². The summed E-state index contributed by atoms with van der Waals surface area (Å²) < 4.78 is 16.7. The lowest BCUT2D eigenvalue weighted by atomic mass is 9.85. The summed E-state index contributed by atoms with van der Waals surface area (Å²) in [6.45, 7) is 6.07. The molecule has 202 valence electrons. The largest absolute Gasteiger partial charge is 0.481 e. The number of hydrogen-bond donors (Lipinski definition) is 4. The molecule has 8 atom stereocenters. The van der Waals surface area contributed by atoms with Crippen molar-refractivity contribution < 1.29 is 44.2 Å². The molecule has 0 spiro atoms. The van der Waals surface area contributed by atoms with Crippen molar-refractivity contribution in [2.75, 3.05) is 13.2 Å². The topological polar surface area (TPSA) is 146 Å². The number of aliphatic hydroxyl groups excluding tert-OH is 3. The third kappa shape index (κ3) is 10.6. The molecule has 0 aromatic heterocycles. The van der Waals surface area contributed by atoms with Gasteiger partial charge in [-0.2, -0.15) is 0 Å². The van der Waals surface area contributed by atoms with Gasteiger partial charge in [-0.05, 0) is 39.5 Å². The lowest BCUT2D eigenvalue weighted by molar-refractivity contribution is -0.165. The SMILES string of the molecule is C/C(=C\C(=O)OCCCCCCCCC(=O)O)C[C@@H]1OC[C@H](C[C@@H]2O[C@H]2[C@@H](C)[C@@H](C)O)[C@@H](O)[C@H]1O. The summed E-state index contributed by atoms with van der Waals surface area (Å²) in [7, 11) is 0. The summed E-state index contributed by atoms with van der Waals surface area (Å²) in [5, 5.41) is 39.5. The third-order valence-electron chi connectivity index (χ3n) is 7.09. The first-order valence-corrected chi connectivity index (χ1v) is 13.0. The van der Waals surface area contributed by atoms with Crippen LogP contribution in [0.5, 0.6) is 0 Å². The van der Waals surface area contributed by atoms with Gasteiger partial charge in [0.2, 0.25) is 0 Å². The maximum absolute atomic E-state index is 12.1. The van der Waals surface area contributed by atoms with Crippen LogP contribution in [0.1, 0.15) is 78.6 Å². The van der Waals surface area contributed by atoms with Crippen molar-refractivity contribution in [3.05, 3.63) is 11.6 Å². The van der Waals surface area contributed by atoms with Crippen LogP contribution in [0.4, 0.5) is 0 Å². The predicted molar refractivity (Wildman–Crippen MR) is 129 cm³/mol. The Kier molecular flexibility index (Phi) is 12.6. The van der Waals surface area contributed by atoms with Crippen LogP contribution in [0.25, 0.3) is 0 Å². The smallest absolute Gasteiger partial charge is 0.330 e. The van der Waals surface area contributed by atoms with E-state index in [1.165, 1.54) is 6.08 Å². The van der Waals surface area contributed by atoms with Crippen molar-refractivity contribution in [2.45, 2.75) is 115 Å². The van der Waals surface area contributed by atoms with Crippen molar-refractivity contribution in [1.29, 1.82) is 0 Å². The van der Waals surface area contributed by atoms with E-state index in [2.05, 4.69) is 0 Å². The average Bonchev–Trinajstić information content (AvgIpc) is 3.55. The van der Waals surface area contributed by atoms with Crippen molar-refractivity contribution in [3.63, 3.8) is 0 Å². The molecule has 9 heteroatoms. The van der Waals surface area contributed by atoms with Gasteiger partial charge >= 0.3 is 11.9 Å². The van der Waals surface area contributed by atoms with Crippen LogP contribution in [-0.2, 0) is 23.8 Å². The van der Waals surface area contributed by atoms with E-state index in [1.54, 1.807) is 13.8 Å². The molecule has 9 nitrogen and oxygen atoms in total. The molecule has 0 radical (unpaired) electrons. The summed E-state index contributed by atoms with van der Waals surface area (Å²) in [5.74, 6) is -1.42. The fraction of sp³-hybridized carbons (Fsp3) is 0.846. The van der Waals surface area contributed by atoms with Gasteiger partial charge in [0.25, 0.3) is 0 Å². The summed E-state index contributed by atoms with van der Waals surface area (Å²) >= 11 is 0. The monoisotopic (exact) mass is 500 g/mol. The Morgan fingerprint density at radius 2 is 1.69 bits per heavy atom. The number of ether oxygens (including phenoxy) is 3. The van der Waals surface area contributed by atoms with Crippen molar-refractivity contribution in [3.8, 4) is 0 Å². The zero-order chi connectivity index (χ0) is 26.0. The molecule has 2 aliphatic rings. The third-order valence-corrected chi connectivity index (χ3v) is 7.09. The van der Waals surface area contributed by atoms with Crippen LogP contribution >= 0.6 is 0 Å². The van der Waals surface area contributed by atoms with Gasteiger partial charge in [0.15, 0.2) is 0 Å². The van der Waals surface area contributed by atoms with E-state index in [-0.39, 0.29) is 30.5 Å². The maximum atomic E-state index is 12.1. The Balaban J connectivity index is 1.62. The van der Waals surface area contributed by atoms with Gasteiger partial charge in [0.1, 0.15) is 6.10 Å². The molecule has 0 unspecified atom stereocenters. The highest BCUT2D eigenvalue weighted by Crippen LogP contribution is 2.38. The molecular formula is C26H44O9. The highest BCUT2D eigenvalue weighted by atomic mass is 16.6. The molecule has 0 aliphatic carbocycles. The summed E-state index contributed by atoms with van der Waals surface area (Å²) in [6.07, 6.45) is 4.61. The van der Waals surface area contributed by atoms with Gasteiger partial charge < -0.3 is 34.6 Å². The number of carboxylic acids is 1. The minimum absolute atomic E-state index is 0.0160. The number of aliphatic carboxylic acids is 1. The maximum Gasteiger partial charge on any atom is 0.330 e. The lowest BCUT2D eigenvalue weighted by Gasteiger charge is -2.38. The highest BCUT2D eigenvalue weighted by molar-refractivity contribution is 5.82. The van der Waals surface area contributed by atoms with Gasteiger partial charge in [-0.1, -0.05) is 38.2 Å². The number of unbranched alkanes of at least 4 members (excludes halogenated alkanes) is 5. The molecule has 0 saturated carbocycles. The average molecular weight is 501 g/mol. The quantitative estimate of drug-likeness (QED) is 0.109. The van der Waals surface area contributed by atoms with Crippen LogP contribution in [0.2, 0.25) is 0 Å². The zero-order valence-corrected chi connectivity index (χ0v) is 21.3. The molecule has 0 bridgehead atoms. The molecule has 4 N–H and O–H groups in total. The lowest BCUT2D eigenvalue weighted by Crippen LogP contribution is -2.50. The molecule has 2 heterocycles. The number of carbonyl (C=O) groups is 2. The van der Waals surface area contributed by atoms with Crippen LogP contribution in [0.15, 0.2) is 11.6 Å². The Morgan fingerprint density at radius 3 is 2.34 bits per heavy atom. The molecule has 35 heavy (non-hydrogen) atoms. The minimum atomic E-state index is -1.06. The van der Waals surface area contributed by atoms with Crippen molar-refractivity contribution in [2.24, 2.45) is 11.8 Å². The molecule has 2 aliphatic heterocycles. The van der Waals surface area contributed by atoms with E-state index >= 15 is 0 Å². The van der Waals surface area contributed by atoms with Gasteiger partial charge in [0, 0.05) is 24.3 Å². The molecular weight excluding hydrogens is 456 g/mol. The molecule has 2 saturated heterocycles. The number of esters is 1. The summed E-state index contributed by atoms with van der Waals surface area (Å²) in [6, 6.07) is 0. The Bertz CT molecular complexity index is 692. The Labute approximate surface area is 208 Å². The second-order valence-electron chi connectivity index (χ2n) is 10.2. The van der Waals surface area contributed by atoms with E-state index in [0.717, 1.165) is 32.1 Å². The number of rotatable bonds is 16. The molecule has 0 aromatic carbocycles. The Hall–Kier alpha value is -1.52. The second kappa shape index (κ2) is 14.9. The number of carbonyl (C=O) groups excluding carboxylic acids is 1. The van der Waals surface area contributed by atoms with Gasteiger partial charge in [-0.25, -0.2) is 4.79 Å². The van der Waals surface area contributed by atoms with Gasteiger partial charge in [0.05, 0.1) is 43.7 Å². The van der Waals surface area contributed by atoms with E-state index in [9.17, 15) is 24.9 Å². The zero-order valence-electron chi connectivity index (χ0n) is 21.3. The van der Waals surface area contributed by atoms with E-state index in [1.807, 2.05) is 6.92 Å². The van der Waals surface area contributed by atoms with Crippen LogP contribution in [-0.4, -0.2) is 82.2 Å². The fourth-order valence-corrected chi connectivity index (χ4v) is 4.59. The Morgan fingerprint density at radius 1 is 1.03 bits per heavy atom. The number of epoxide rings is 1. The molecule has 0 amide bonds. The summed E-state index contributed by atoms with van der Waals surface area (Å²) in [4.78, 5) is 22.5. The first-order chi connectivity index (χ1) is 16.6. The number of aliphatic hydroxyl groups is 3. The minimum Gasteiger partial charge on any atom is -0.481 e. The fourth-order valence-electron chi connectivity index (χ4n) is 4.59. The second-order valence-corrected chi connectivity index (χ2v) is 10.2. The van der Waals surface area contributed by atoms with E-state index in [0.29, 0.717) is 38.0 Å². The molecule has 2 fully saturated rings. The predicted octanol–water partition coefficient (Wildman–Crippen LogP) is 2.59. The molecule has 2 rings (SSSR count). The van der Waals surface area contributed by atoms with Crippen LogP contribution < -0.4 is 0 Å². The standard InChI is InChI=1S/C26H44O9/c1-16(13-23(30)33-11-9-7-5-4-6-8-10-22(28)29)12-20-25(32)24(31)19(15-34-20)14-21-26(35-21)17(2)18(3)27/h13,17-21,24-27,31-32H,4-12,14-15H2,1-3H3,(H,28,29)/b16-13+/t17-,18+,19-,20-,21-,24+,25-,26-/m0/s1. The van der Waals surface area contributed by atoms with Gasteiger partial charge in [-0.15, -0.1) is 0 Å². The van der Waals surface area contributed by atoms with Crippen LogP contribution in [0, 0.1) is 11.8 Å². The van der Waals surface area contributed by atoms with Crippen molar-refractivity contribution >= 4 is 11.9 Å². The van der Waals surface area contributed by atoms with Gasteiger partial charge in [-0.3, -0.25) is 4.79 Å². The first-order valence-electron chi connectivity index (χ1n) is 13.0. The number of carboxylic acid groups (broad SMARTS) is 1. The van der Waals surface area contributed by atoms with Crippen LogP contribution in [0.3, 0.4) is 0 Å². The van der Waals surface area contributed by atoms with E-state index < -0.39 is 36.4 Å². The normalized spacial score (nSPS) is 30.5. The summed E-state index contributed by atoms with van der Waals surface area (Å²) in [5.41, 5.74) is 0.708.